The molecule has 0 radical (unpaired) electrons. The Morgan fingerprint density at radius 3 is 2.67 bits per heavy atom. The van der Waals surface area contributed by atoms with Crippen molar-refractivity contribution in [3.8, 4) is 0 Å². The lowest BCUT2D eigenvalue weighted by atomic mass is 10.2. The Kier molecular flexibility index (Phi) is 4.18. The highest BCUT2D eigenvalue weighted by molar-refractivity contribution is 6.34. The summed E-state index contributed by atoms with van der Waals surface area (Å²) in [5, 5.41) is 14.4. The van der Waals surface area contributed by atoms with Crippen molar-refractivity contribution in [2.75, 3.05) is 5.32 Å². The maximum atomic E-state index is 13.1. The maximum Gasteiger partial charge on any atom is 0.325 e. The molecule has 0 aliphatic heterocycles. The largest absolute Gasteiger partial charge is 0.480 e. The predicted octanol–water partition coefficient (Wildman–Crippen LogP) is 2.15. The van der Waals surface area contributed by atoms with Crippen LogP contribution >= 0.6 is 11.6 Å². The van der Waals surface area contributed by atoms with Crippen LogP contribution in [0.1, 0.15) is 10.4 Å². The van der Waals surface area contributed by atoms with E-state index in [1.54, 1.807) is 0 Å². The van der Waals surface area contributed by atoms with E-state index in [0.717, 1.165) is 4.68 Å². The third-order valence-electron chi connectivity index (χ3n) is 2.44. The van der Waals surface area contributed by atoms with Crippen LogP contribution in [0.5, 0.6) is 0 Å². The molecule has 0 saturated heterocycles. The smallest absolute Gasteiger partial charge is 0.325 e. The van der Waals surface area contributed by atoms with E-state index in [-0.39, 0.29) is 22.8 Å². The standard InChI is InChI=1S/C12H8ClF2N3O3/c13-8-2-10(15)9(14)1-7(8)12(21)17-6-3-16-18(4-6)5-11(19)20/h1-4H,5H2,(H,17,21)(H,19,20). The van der Waals surface area contributed by atoms with E-state index in [1.807, 2.05) is 0 Å². The van der Waals surface area contributed by atoms with Crippen molar-refractivity contribution in [2.45, 2.75) is 6.54 Å². The van der Waals surface area contributed by atoms with Gasteiger partial charge in [0.05, 0.1) is 22.5 Å². The van der Waals surface area contributed by atoms with Gasteiger partial charge in [0.15, 0.2) is 11.6 Å². The van der Waals surface area contributed by atoms with E-state index >= 15 is 0 Å². The molecule has 0 fully saturated rings. The van der Waals surface area contributed by atoms with Crippen LogP contribution in [0.4, 0.5) is 14.5 Å². The highest BCUT2D eigenvalue weighted by Crippen LogP contribution is 2.21. The Hall–Kier alpha value is -2.48. The number of aromatic nitrogens is 2. The molecule has 110 valence electrons. The number of hydrogen-bond acceptors (Lipinski definition) is 3. The zero-order valence-corrected chi connectivity index (χ0v) is 11.1. The van der Waals surface area contributed by atoms with Gasteiger partial charge < -0.3 is 10.4 Å². The number of carbonyl (C=O) groups is 2. The number of amides is 1. The number of carboxylic acids is 1. The fourth-order valence-electron chi connectivity index (χ4n) is 1.55. The highest BCUT2D eigenvalue weighted by atomic mass is 35.5. The van der Waals surface area contributed by atoms with Gasteiger partial charge in [-0.2, -0.15) is 5.10 Å². The number of carbonyl (C=O) groups excluding carboxylic acids is 1. The van der Waals surface area contributed by atoms with Crippen molar-refractivity contribution in [1.82, 2.24) is 9.78 Å². The SMILES string of the molecule is O=C(O)Cn1cc(NC(=O)c2cc(F)c(F)cc2Cl)cn1. The molecule has 2 N–H and O–H groups in total. The Balaban J connectivity index is 2.16. The Bertz CT molecular complexity index is 718. The maximum absolute atomic E-state index is 13.1. The number of nitrogens with one attached hydrogen (secondary N) is 1. The number of aliphatic carboxylic acids is 1. The van der Waals surface area contributed by atoms with Crippen LogP contribution < -0.4 is 5.32 Å². The minimum atomic E-state index is -1.20. The third kappa shape index (κ3) is 3.54. The summed E-state index contributed by atoms with van der Waals surface area (Å²) in [7, 11) is 0. The quantitative estimate of drug-likeness (QED) is 0.847. The monoisotopic (exact) mass is 315 g/mol. The topological polar surface area (TPSA) is 84.2 Å². The van der Waals surface area contributed by atoms with Gasteiger partial charge >= 0.3 is 5.97 Å². The molecule has 0 aliphatic carbocycles. The highest BCUT2D eigenvalue weighted by Gasteiger charge is 2.16. The first-order chi connectivity index (χ1) is 9.86. The van der Waals surface area contributed by atoms with Crippen molar-refractivity contribution in [3.05, 3.63) is 46.7 Å². The van der Waals surface area contributed by atoms with Gasteiger partial charge in [-0.1, -0.05) is 11.6 Å². The number of hydrogen-bond donors (Lipinski definition) is 2. The molecular weight excluding hydrogens is 308 g/mol. The molecule has 1 aromatic carbocycles. The minimum Gasteiger partial charge on any atom is -0.480 e. The zero-order chi connectivity index (χ0) is 15.6. The average molecular weight is 316 g/mol. The second kappa shape index (κ2) is 5.88. The molecule has 1 amide bonds. The van der Waals surface area contributed by atoms with Gasteiger partial charge in [-0.05, 0) is 12.1 Å². The van der Waals surface area contributed by atoms with Gasteiger partial charge in [0.1, 0.15) is 6.54 Å². The molecule has 21 heavy (non-hydrogen) atoms. The predicted molar refractivity (Wildman–Crippen MR) is 69.2 cm³/mol. The lowest BCUT2D eigenvalue weighted by Gasteiger charge is -2.05. The zero-order valence-electron chi connectivity index (χ0n) is 10.3. The first kappa shape index (κ1) is 14.9. The summed E-state index contributed by atoms with van der Waals surface area (Å²) in [5.41, 5.74) is -0.0522. The van der Waals surface area contributed by atoms with E-state index in [1.165, 1.54) is 12.4 Å². The second-order valence-corrected chi connectivity index (χ2v) is 4.43. The molecule has 2 aromatic rings. The normalized spacial score (nSPS) is 10.4. The summed E-state index contributed by atoms with van der Waals surface area (Å²) in [6.45, 7) is -0.373. The Labute approximate surface area is 121 Å². The molecule has 0 bridgehead atoms. The summed E-state index contributed by atoms with van der Waals surface area (Å²) < 4.78 is 27.1. The number of anilines is 1. The van der Waals surface area contributed by atoms with Gasteiger partial charge in [0, 0.05) is 6.20 Å². The van der Waals surface area contributed by atoms with Crippen molar-refractivity contribution >= 4 is 29.2 Å². The van der Waals surface area contributed by atoms with Gasteiger partial charge in [-0.25, -0.2) is 8.78 Å². The van der Waals surface area contributed by atoms with Gasteiger partial charge in [-0.3, -0.25) is 14.3 Å². The number of carboxylic acid groups (broad SMARTS) is 1. The number of rotatable bonds is 4. The molecular formula is C12H8ClF2N3O3. The van der Waals surface area contributed by atoms with Crippen LogP contribution in [-0.4, -0.2) is 26.8 Å². The molecule has 1 heterocycles. The van der Waals surface area contributed by atoms with Crippen LogP contribution in [0.25, 0.3) is 0 Å². The lowest BCUT2D eigenvalue weighted by molar-refractivity contribution is -0.137. The van der Waals surface area contributed by atoms with E-state index in [2.05, 4.69) is 10.4 Å². The molecule has 1 aromatic heterocycles. The third-order valence-corrected chi connectivity index (χ3v) is 2.76. The van der Waals surface area contributed by atoms with Crippen LogP contribution in [-0.2, 0) is 11.3 Å². The molecule has 0 atom stereocenters. The van der Waals surface area contributed by atoms with Crippen LogP contribution in [0.15, 0.2) is 24.5 Å². The minimum absolute atomic E-state index is 0.196. The van der Waals surface area contributed by atoms with Crippen molar-refractivity contribution in [2.24, 2.45) is 0 Å². The van der Waals surface area contributed by atoms with E-state index in [0.29, 0.717) is 12.1 Å². The summed E-state index contributed by atoms with van der Waals surface area (Å²) in [6, 6.07) is 1.37. The van der Waals surface area contributed by atoms with Crippen molar-refractivity contribution in [1.29, 1.82) is 0 Å². The fraction of sp³-hybridized carbons (Fsp3) is 0.0833. The molecule has 0 saturated carbocycles. The molecule has 0 spiro atoms. The molecule has 6 nitrogen and oxygen atoms in total. The van der Waals surface area contributed by atoms with E-state index in [4.69, 9.17) is 16.7 Å². The fourth-order valence-corrected chi connectivity index (χ4v) is 1.78. The second-order valence-electron chi connectivity index (χ2n) is 4.02. The lowest BCUT2D eigenvalue weighted by Crippen LogP contribution is -2.13. The summed E-state index contributed by atoms with van der Waals surface area (Å²) in [4.78, 5) is 22.4. The van der Waals surface area contributed by atoms with E-state index < -0.39 is 23.5 Å². The van der Waals surface area contributed by atoms with Gasteiger partial charge in [-0.15, -0.1) is 0 Å². The Morgan fingerprint density at radius 2 is 2.00 bits per heavy atom. The van der Waals surface area contributed by atoms with Crippen LogP contribution in [0, 0.1) is 11.6 Å². The van der Waals surface area contributed by atoms with Gasteiger partial charge in [0.25, 0.3) is 5.91 Å². The molecule has 0 unspecified atom stereocenters. The molecule has 2 rings (SSSR count). The van der Waals surface area contributed by atoms with Crippen molar-refractivity contribution < 1.29 is 23.5 Å². The van der Waals surface area contributed by atoms with E-state index in [9.17, 15) is 18.4 Å². The van der Waals surface area contributed by atoms with Crippen LogP contribution in [0.3, 0.4) is 0 Å². The average Bonchev–Trinajstić information content (AvgIpc) is 2.80. The first-order valence-corrected chi connectivity index (χ1v) is 5.94. The van der Waals surface area contributed by atoms with Crippen molar-refractivity contribution in [3.63, 3.8) is 0 Å². The number of halogens is 3. The first-order valence-electron chi connectivity index (χ1n) is 5.57. The summed E-state index contributed by atoms with van der Waals surface area (Å²) in [5.74, 6) is -4.23. The summed E-state index contributed by atoms with van der Waals surface area (Å²) in [6.07, 6.45) is 2.49. The number of nitrogens with zero attached hydrogens (tertiary/aromatic N) is 2. The molecule has 0 aliphatic rings. The number of benzene rings is 1. The molecule has 9 heteroatoms. The van der Waals surface area contributed by atoms with Crippen LogP contribution in [0.2, 0.25) is 5.02 Å². The Morgan fingerprint density at radius 1 is 1.33 bits per heavy atom. The van der Waals surface area contributed by atoms with Gasteiger partial charge in [0.2, 0.25) is 0 Å². The summed E-state index contributed by atoms with van der Waals surface area (Å²) >= 11 is 5.67.